The van der Waals surface area contributed by atoms with Crippen LogP contribution in [0.3, 0.4) is 0 Å². The van der Waals surface area contributed by atoms with Gasteiger partial charge in [-0.05, 0) is 74.8 Å². The number of rotatable bonds is 11. The number of benzene rings is 2. The van der Waals surface area contributed by atoms with Gasteiger partial charge in [0.25, 0.3) is 0 Å². The lowest BCUT2D eigenvalue weighted by Gasteiger charge is -2.13. The van der Waals surface area contributed by atoms with Crippen molar-refractivity contribution in [2.45, 2.75) is 32.6 Å². The number of nitrogens with zero attached hydrogens (tertiary/aromatic N) is 2. The number of halogens is 1. The second-order valence-electron chi connectivity index (χ2n) is 7.81. The van der Waals surface area contributed by atoms with Crippen molar-refractivity contribution >= 4 is 26.8 Å². The second kappa shape index (κ2) is 11.3. The summed E-state index contributed by atoms with van der Waals surface area (Å²) >= 11 is 3.51. The standard InChI is InChI=1S/C26H31BrN2O/c1-4-15-29(3)16-7-5-6-8-17-30-23-13-14-24-25(18-20(2)28-26(24)19-23)21-9-11-22(27)12-10-21/h4,9-14,18-19H,1,5-8,15-17H2,2-3H3. The predicted molar refractivity (Wildman–Crippen MR) is 131 cm³/mol. The zero-order chi connectivity index (χ0) is 21.3. The number of unbranched alkanes of at least 4 members (excludes halogenated alkanes) is 3. The number of likely N-dealkylation sites (N-methyl/N-ethyl adjacent to an activating group) is 1. The van der Waals surface area contributed by atoms with Crippen LogP contribution in [0.1, 0.15) is 31.4 Å². The number of hydrogen-bond acceptors (Lipinski definition) is 3. The van der Waals surface area contributed by atoms with Crippen LogP contribution in [-0.4, -0.2) is 36.6 Å². The molecular formula is C26H31BrN2O. The third-order valence-corrected chi connectivity index (χ3v) is 5.74. The van der Waals surface area contributed by atoms with Gasteiger partial charge < -0.3 is 9.64 Å². The van der Waals surface area contributed by atoms with Crippen LogP contribution in [0.5, 0.6) is 5.75 Å². The first-order valence-corrected chi connectivity index (χ1v) is 11.5. The Labute approximate surface area is 188 Å². The molecule has 0 aliphatic carbocycles. The van der Waals surface area contributed by atoms with Crippen molar-refractivity contribution in [1.29, 1.82) is 0 Å². The fourth-order valence-electron chi connectivity index (χ4n) is 3.64. The summed E-state index contributed by atoms with van der Waals surface area (Å²) in [6.07, 6.45) is 6.69. The maximum atomic E-state index is 6.01. The van der Waals surface area contributed by atoms with Gasteiger partial charge in [-0.1, -0.05) is 47.0 Å². The first kappa shape index (κ1) is 22.5. The molecule has 0 fully saturated rings. The van der Waals surface area contributed by atoms with E-state index in [0.717, 1.165) is 52.9 Å². The number of ether oxygens (including phenoxy) is 1. The summed E-state index contributed by atoms with van der Waals surface area (Å²) in [5.41, 5.74) is 4.40. The molecule has 1 aromatic heterocycles. The van der Waals surface area contributed by atoms with Gasteiger partial charge in [-0.3, -0.25) is 4.98 Å². The van der Waals surface area contributed by atoms with E-state index in [2.05, 4.69) is 83.0 Å². The van der Waals surface area contributed by atoms with Gasteiger partial charge in [-0.25, -0.2) is 0 Å². The minimum atomic E-state index is 0.749. The molecule has 0 atom stereocenters. The van der Waals surface area contributed by atoms with Crippen LogP contribution in [0.4, 0.5) is 0 Å². The second-order valence-corrected chi connectivity index (χ2v) is 8.73. The largest absolute Gasteiger partial charge is 0.494 e. The van der Waals surface area contributed by atoms with Gasteiger partial charge >= 0.3 is 0 Å². The Bertz CT molecular complexity index is 969. The van der Waals surface area contributed by atoms with Crippen molar-refractivity contribution in [2.24, 2.45) is 0 Å². The van der Waals surface area contributed by atoms with E-state index in [0.29, 0.717) is 0 Å². The van der Waals surface area contributed by atoms with Crippen LogP contribution in [-0.2, 0) is 0 Å². The number of hydrogen-bond donors (Lipinski definition) is 0. The number of pyridine rings is 1. The summed E-state index contributed by atoms with van der Waals surface area (Å²) in [4.78, 5) is 7.04. The lowest BCUT2D eigenvalue weighted by Crippen LogP contribution is -2.19. The molecule has 0 aliphatic rings. The highest BCUT2D eigenvalue weighted by molar-refractivity contribution is 9.10. The summed E-state index contributed by atoms with van der Waals surface area (Å²) in [5, 5.41) is 1.15. The van der Waals surface area contributed by atoms with E-state index in [1.54, 1.807) is 0 Å². The quantitative estimate of drug-likeness (QED) is 0.224. The Balaban J connectivity index is 1.57. The lowest BCUT2D eigenvalue weighted by molar-refractivity contribution is 0.300. The Kier molecular flexibility index (Phi) is 8.47. The van der Waals surface area contributed by atoms with Crippen LogP contribution < -0.4 is 4.74 Å². The molecule has 0 aliphatic heterocycles. The third kappa shape index (κ3) is 6.41. The summed E-state index contributed by atoms with van der Waals surface area (Å²) in [6.45, 7) is 8.66. The highest BCUT2D eigenvalue weighted by Gasteiger charge is 2.08. The van der Waals surface area contributed by atoms with E-state index in [9.17, 15) is 0 Å². The molecule has 158 valence electrons. The van der Waals surface area contributed by atoms with Crippen LogP contribution >= 0.6 is 15.9 Å². The van der Waals surface area contributed by atoms with Gasteiger partial charge in [-0.2, -0.15) is 0 Å². The molecule has 3 aromatic rings. The van der Waals surface area contributed by atoms with Gasteiger partial charge in [0.05, 0.1) is 12.1 Å². The van der Waals surface area contributed by atoms with E-state index in [1.165, 1.54) is 30.4 Å². The molecule has 0 spiro atoms. The Morgan fingerprint density at radius 3 is 2.57 bits per heavy atom. The molecule has 0 radical (unpaired) electrons. The Morgan fingerprint density at radius 1 is 1.03 bits per heavy atom. The van der Waals surface area contributed by atoms with E-state index in [1.807, 2.05) is 13.0 Å². The number of aromatic nitrogens is 1. The highest BCUT2D eigenvalue weighted by atomic mass is 79.9. The normalized spacial score (nSPS) is 11.2. The molecule has 0 unspecified atom stereocenters. The average Bonchev–Trinajstić information content (AvgIpc) is 2.73. The average molecular weight is 467 g/mol. The fourth-order valence-corrected chi connectivity index (χ4v) is 3.90. The molecule has 0 saturated carbocycles. The minimum absolute atomic E-state index is 0.749. The lowest BCUT2D eigenvalue weighted by atomic mass is 10.0. The number of fused-ring (bicyclic) bond motifs is 1. The third-order valence-electron chi connectivity index (χ3n) is 5.21. The van der Waals surface area contributed by atoms with Gasteiger partial charge in [0.15, 0.2) is 0 Å². The van der Waals surface area contributed by atoms with Crippen molar-refractivity contribution in [3.8, 4) is 16.9 Å². The van der Waals surface area contributed by atoms with Crippen LogP contribution in [0.2, 0.25) is 0 Å². The molecule has 0 amide bonds. The predicted octanol–water partition coefficient (Wildman–Crippen LogP) is 7.03. The van der Waals surface area contributed by atoms with Crippen LogP contribution in [0, 0.1) is 6.92 Å². The SMILES string of the molecule is C=CCN(C)CCCCCCOc1ccc2c(-c3ccc(Br)cc3)cc(C)nc2c1. The number of aryl methyl sites for hydroxylation is 1. The highest BCUT2D eigenvalue weighted by Crippen LogP contribution is 2.31. The summed E-state index contributed by atoms with van der Waals surface area (Å²) in [5.74, 6) is 0.896. The topological polar surface area (TPSA) is 25.4 Å². The molecule has 0 bridgehead atoms. The first-order valence-electron chi connectivity index (χ1n) is 10.7. The van der Waals surface area contributed by atoms with Crippen molar-refractivity contribution < 1.29 is 4.74 Å². The molecular weight excluding hydrogens is 436 g/mol. The van der Waals surface area contributed by atoms with E-state index in [-0.39, 0.29) is 0 Å². The zero-order valence-electron chi connectivity index (χ0n) is 18.0. The molecule has 3 nitrogen and oxygen atoms in total. The zero-order valence-corrected chi connectivity index (χ0v) is 19.6. The summed E-state index contributed by atoms with van der Waals surface area (Å²) < 4.78 is 7.10. The molecule has 30 heavy (non-hydrogen) atoms. The molecule has 0 N–H and O–H groups in total. The van der Waals surface area contributed by atoms with Crippen molar-refractivity contribution in [2.75, 3.05) is 26.7 Å². The Hall–Kier alpha value is -2.17. The first-order chi connectivity index (χ1) is 14.6. The van der Waals surface area contributed by atoms with Gasteiger partial charge in [0.2, 0.25) is 0 Å². The van der Waals surface area contributed by atoms with Gasteiger partial charge in [0, 0.05) is 28.2 Å². The fraction of sp³-hybridized carbons (Fsp3) is 0.346. The van der Waals surface area contributed by atoms with E-state index >= 15 is 0 Å². The maximum Gasteiger partial charge on any atom is 0.121 e. The molecule has 2 aromatic carbocycles. The Morgan fingerprint density at radius 2 is 1.80 bits per heavy atom. The summed E-state index contributed by atoms with van der Waals surface area (Å²) in [6, 6.07) is 16.8. The van der Waals surface area contributed by atoms with Gasteiger partial charge in [-0.15, -0.1) is 6.58 Å². The smallest absolute Gasteiger partial charge is 0.121 e. The summed E-state index contributed by atoms with van der Waals surface area (Å²) in [7, 11) is 2.14. The molecule has 0 saturated heterocycles. The molecule has 4 heteroatoms. The van der Waals surface area contributed by atoms with Crippen molar-refractivity contribution in [3.05, 3.63) is 71.4 Å². The van der Waals surface area contributed by atoms with Crippen molar-refractivity contribution in [1.82, 2.24) is 9.88 Å². The van der Waals surface area contributed by atoms with Crippen LogP contribution in [0.15, 0.2) is 65.7 Å². The molecule has 3 rings (SSSR count). The van der Waals surface area contributed by atoms with Gasteiger partial charge in [0.1, 0.15) is 5.75 Å². The minimum Gasteiger partial charge on any atom is -0.494 e. The molecule has 1 heterocycles. The van der Waals surface area contributed by atoms with Crippen molar-refractivity contribution in [3.63, 3.8) is 0 Å². The van der Waals surface area contributed by atoms with E-state index < -0.39 is 0 Å². The maximum absolute atomic E-state index is 6.01. The van der Waals surface area contributed by atoms with Crippen LogP contribution in [0.25, 0.3) is 22.0 Å². The monoisotopic (exact) mass is 466 g/mol. The van der Waals surface area contributed by atoms with E-state index in [4.69, 9.17) is 9.72 Å².